The maximum absolute atomic E-state index is 12.7. The van der Waals surface area contributed by atoms with Gasteiger partial charge in [0.1, 0.15) is 5.15 Å². The van der Waals surface area contributed by atoms with Gasteiger partial charge >= 0.3 is 0 Å². The number of amides is 2. The molecular formula is C19H13ClN4O4. The summed E-state index contributed by atoms with van der Waals surface area (Å²) < 4.78 is 1.54. The molecule has 0 unspecified atom stereocenters. The fraction of sp³-hybridized carbons (Fsp3) is 0.105. The lowest BCUT2D eigenvalue weighted by atomic mass is 10.1. The summed E-state index contributed by atoms with van der Waals surface area (Å²) in [5.74, 6) is -1.11. The molecule has 8 nitrogen and oxygen atoms in total. The number of hydrogen-bond acceptors (Lipinski definition) is 5. The Labute approximate surface area is 164 Å². The summed E-state index contributed by atoms with van der Waals surface area (Å²) in [4.78, 5) is 36.7. The van der Waals surface area contributed by atoms with Crippen LogP contribution in [0.5, 0.6) is 0 Å². The molecule has 0 N–H and O–H groups in total. The molecule has 0 fully saturated rings. The van der Waals surface area contributed by atoms with Gasteiger partial charge in [0.25, 0.3) is 17.5 Å². The largest absolute Gasteiger partial charge is 0.270 e. The molecule has 0 bridgehead atoms. The number of carbonyl (C=O) groups is 2. The molecule has 0 spiro atoms. The zero-order valence-electron chi connectivity index (χ0n) is 14.6. The van der Waals surface area contributed by atoms with Gasteiger partial charge in [-0.3, -0.25) is 24.6 Å². The Hall–Kier alpha value is -3.52. The molecule has 1 aliphatic rings. The number of benzene rings is 2. The fourth-order valence-electron chi connectivity index (χ4n) is 3.15. The van der Waals surface area contributed by atoms with E-state index in [-0.39, 0.29) is 23.4 Å². The number of carbonyl (C=O) groups excluding carboxylic acids is 2. The summed E-state index contributed by atoms with van der Waals surface area (Å²) in [5.41, 5.74) is 1.78. The normalized spacial score (nSPS) is 13.1. The number of nitro groups is 1. The van der Waals surface area contributed by atoms with Crippen LogP contribution in [-0.2, 0) is 6.54 Å². The number of hydrogen-bond donors (Lipinski definition) is 0. The van der Waals surface area contributed by atoms with Crippen molar-refractivity contribution < 1.29 is 14.5 Å². The zero-order chi connectivity index (χ0) is 20.0. The van der Waals surface area contributed by atoms with E-state index in [1.807, 2.05) is 30.3 Å². The standard InChI is InChI=1S/C19H13ClN4O4/c1-11-16(17(20)23(21-11)12-5-3-2-4-6-12)10-22-18(25)14-8-7-13(24(27)28)9-15(14)19(22)26/h2-9H,10H2,1H3. The van der Waals surface area contributed by atoms with Gasteiger partial charge in [-0.05, 0) is 25.1 Å². The van der Waals surface area contributed by atoms with E-state index in [0.29, 0.717) is 16.4 Å². The number of fused-ring (bicyclic) bond motifs is 1. The molecule has 4 rings (SSSR count). The zero-order valence-corrected chi connectivity index (χ0v) is 15.4. The van der Waals surface area contributed by atoms with E-state index in [2.05, 4.69) is 5.10 Å². The molecule has 0 atom stereocenters. The van der Waals surface area contributed by atoms with Crippen molar-refractivity contribution in [3.8, 4) is 5.69 Å². The lowest BCUT2D eigenvalue weighted by molar-refractivity contribution is -0.384. The van der Waals surface area contributed by atoms with Crippen molar-refractivity contribution in [3.05, 3.63) is 86.2 Å². The van der Waals surface area contributed by atoms with Crippen LogP contribution in [-0.4, -0.2) is 31.4 Å². The summed E-state index contributed by atoms with van der Waals surface area (Å²) in [6, 6.07) is 12.9. The van der Waals surface area contributed by atoms with Gasteiger partial charge in [0.15, 0.2) is 0 Å². The molecule has 28 heavy (non-hydrogen) atoms. The predicted molar refractivity (Wildman–Crippen MR) is 101 cm³/mol. The molecule has 2 heterocycles. The van der Waals surface area contributed by atoms with Crippen molar-refractivity contribution in [3.63, 3.8) is 0 Å². The van der Waals surface area contributed by atoms with Crippen LogP contribution in [0, 0.1) is 17.0 Å². The lowest BCUT2D eigenvalue weighted by Gasteiger charge is -2.13. The Morgan fingerprint density at radius 1 is 1.07 bits per heavy atom. The van der Waals surface area contributed by atoms with Gasteiger partial charge in [0.05, 0.1) is 34.0 Å². The molecule has 3 aromatic rings. The first-order chi connectivity index (χ1) is 13.4. The van der Waals surface area contributed by atoms with Gasteiger partial charge < -0.3 is 0 Å². The second kappa shape index (κ2) is 6.58. The number of rotatable bonds is 4. The third-order valence-corrected chi connectivity index (χ3v) is 4.99. The molecule has 0 saturated carbocycles. The average molecular weight is 397 g/mol. The number of aryl methyl sites for hydroxylation is 1. The van der Waals surface area contributed by atoms with Crippen LogP contribution in [0.4, 0.5) is 5.69 Å². The predicted octanol–water partition coefficient (Wildman–Crippen LogP) is 3.54. The maximum atomic E-state index is 12.7. The summed E-state index contributed by atoms with van der Waals surface area (Å²) in [6.45, 7) is 1.67. The van der Waals surface area contributed by atoms with Crippen molar-refractivity contribution in [1.82, 2.24) is 14.7 Å². The lowest BCUT2D eigenvalue weighted by Crippen LogP contribution is -2.29. The molecule has 0 aliphatic carbocycles. The van der Waals surface area contributed by atoms with E-state index in [1.165, 1.54) is 16.8 Å². The summed E-state index contributed by atoms with van der Waals surface area (Å²) in [6.07, 6.45) is 0. The van der Waals surface area contributed by atoms with Crippen molar-refractivity contribution in [2.75, 3.05) is 0 Å². The van der Waals surface area contributed by atoms with E-state index >= 15 is 0 Å². The summed E-state index contributed by atoms with van der Waals surface area (Å²) in [5, 5.41) is 15.7. The summed E-state index contributed by atoms with van der Waals surface area (Å²) >= 11 is 6.48. The molecule has 1 aromatic heterocycles. The third-order valence-electron chi connectivity index (χ3n) is 4.60. The quantitative estimate of drug-likeness (QED) is 0.381. The number of non-ortho nitro benzene ring substituents is 1. The molecule has 9 heteroatoms. The molecule has 2 amide bonds. The number of nitro benzene ring substituents is 1. The van der Waals surface area contributed by atoms with Gasteiger partial charge in [-0.1, -0.05) is 29.8 Å². The highest BCUT2D eigenvalue weighted by molar-refractivity contribution is 6.30. The van der Waals surface area contributed by atoms with E-state index in [4.69, 9.17) is 11.6 Å². The second-order valence-electron chi connectivity index (χ2n) is 6.29. The molecule has 1 aliphatic heterocycles. The molecule has 140 valence electrons. The highest BCUT2D eigenvalue weighted by atomic mass is 35.5. The average Bonchev–Trinajstić information content (AvgIpc) is 3.11. The number of nitrogens with zero attached hydrogens (tertiary/aromatic N) is 4. The molecule has 0 saturated heterocycles. The van der Waals surface area contributed by atoms with Gasteiger partial charge in [-0.25, -0.2) is 4.68 Å². The van der Waals surface area contributed by atoms with Crippen molar-refractivity contribution in [2.24, 2.45) is 0 Å². The van der Waals surface area contributed by atoms with Gasteiger partial charge in [-0.2, -0.15) is 5.10 Å². The Bertz CT molecular complexity index is 1140. The van der Waals surface area contributed by atoms with E-state index in [0.717, 1.165) is 16.7 Å². The van der Waals surface area contributed by atoms with Gasteiger partial charge in [0, 0.05) is 17.7 Å². The highest BCUT2D eigenvalue weighted by Crippen LogP contribution is 2.31. The van der Waals surface area contributed by atoms with Crippen molar-refractivity contribution in [1.29, 1.82) is 0 Å². The van der Waals surface area contributed by atoms with Crippen LogP contribution in [0.3, 0.4) is 0 Å². The fourth-order valence-corrected chi connectivity index (χ4v) is 3.48. The monoisotopic (exact) mass is 396 g/mol. The van der Waals surface area contributed by atoms with Crippen LogP contribution in [0.15, 0.2) is 48.5 Å². The first-order valence-corrected chi connectivity index (χ1v) is 8.70. The van der Waals surface area contributed by atoms with Crippen LogP contribution in [0.1, 0.15) is 32.0 Å². The molecule has 2 aromatic carbocycles. The topological polar surface area (TPSA) is 98.3 Å². The summed E-state index contributed by atoms with van der Waals surface area (Å²) in [7, 11) is 0. The van der Waals surface area contributed by atoms with Crippen LogP contribution in [0.25, 0.3) is 5.69 Å². The van der Waals surface area contributed by atoms with E-state index in [1.54, 1.807) is 6.92 Å². The number of imide groups is 1. The molecular weight excluding hydrogens is 384 g/mol. The maximum Gasteiger partial charge on any atom is 0.270 e. The smallest absolute Gasteiger partial charge is 0.270 e. The van der Waals surface area contributed by atoms with Crippen molar-refractivity contribution in [2.45, 2.75) is 13.5 Å². The minimum atomic E-state index is -0.606. The number of halogens is 1. The number of para-hydroxylation sites is 1. The first kappa shape index (κ1) is 17.9. The van der Waals surface area contributed by atoms with Crippen molar-refractivity contribution >= 4 is 29.1 Å². The Morgan fingerprint density at radius 2 is 1.75 bits per heavy atom. The van der Waals surface area contributed by atoms with Gasteiger partial charge in [-0.15, -0.1) is 0 Å². The Morgan fingerprint density at radius 3 is 2.43 bits per heavy atom. The second-order valence-corrected chi connectivity index (χ2v) is 6.64. The minimum absolute atomic E-state index is 0.0171. The van der Waals surface area contributed by atoms with Gasteiger partial charge in [0.2, 0.25) is 0 Å². The highest BCUT2D eigenvalue weighted by Gasteiger charge is 2.37. The Kier molecular flexibility index (Phi) is 4.20. The van der Waals surface area contributed by atoms with E-state index in [9.17, 15) is 19.7 Å². The SMILES string of the molecule is Cc1nn(-c2ccccc2)c(Cl)c1CN1C(=O)c2ccc([N+](=O)[O-])cc2C1=O. The Balaban J connectivity index is 1.69. The molecule has 0 radical (unpaired) electrons. The first-order valence-electron chi connectivity index (χ1n) is 8.32. The van der Waals surface area contributed by atoms with Crippen LogP contribution < -0.4 is 0 Å². The minimum Gasteiger partial charge on any atom is -0.270 e. The van der Waals surface area contributed by atoms with E-state index < -0.39 is 16.7 Å². The van der Waals surface area contributed by atoms with Crippen LogP contribution in [0.2, 0.25) is 5.15 Å². The third kappa shape index (κ3) is 2.74. The number of aromatic nitrogens is 2. The van der Waals surface area contributed by atoms with Crippen LogP contribution >= 0.6 is 11.6 Å².